The fourth-order valence-electron chi connectivity index (χ4n) is 2.45. The number of rotatable bonds is 2. The number of fused-ring (bicyclic) bond motifs is 1. The highest BCUT2D eigenvalue weighted by Gasteiger charge is 2.23. The van der Waals surface area contributed by atoms with Gasteiger partial charge in [0, 0.05) is 6.54 Å². The minimum absolute atomic E-state index is 0.207. The van der Waals surface area contributed by atoms with Crippen LogP contribution in [0.4, 0.5) is 0 Å². The summed E-state index contributed by atoms with van der Waals surface area (Å²) in [6, 6.07) is 9.43. The van der Waals surface area contributed by atoms with Gasteiger partial charge in [-0.05, 0) is 25.0 Å². The van der Waals surface area contributed by atoms with Crippen molar-refractivity contribution in [2.75, 3.05) is 0 Å². The van der Waals surface area contributed by atoms with E-state index in [0.717, 1.165) is 30.8 Å². The van der Waals surface area contributed by atoms with Crippen LogP contribution in [-0.2, 0) is 13.0 Å². The van der Waals surface area contributed by atoms with Crippen molar-refractivity contribution >= 4 is 6.29 Å². The second kappa shape index (κ2) is 3.73. The topological polar surface area (TPSA) is 44.0 Å². The smallest absolute Gasteiger partial charge is 0.282 e. The van der Waals surface area contributed by atoms with E-state index in [1.807, 2.05) is 35.0 Å². The van der Waals surface area contributed by atoms with Crippen molar-refractivity contribution in [3.63, 3.8) is 0 Å². The van der Waals surface area contributed by atoms with Crippen LogP contribution in [-0.4, -0.2) is 15.6 Å². The molecule has 4 nitrogen and oxygen atoms in total. The predicted octanol–water partition coefficient (Wildman–Crippen LogP) is 1.40. The van der Waals surface area contributed by atoms with Gasteiger partial charge in [0.15, 0.2) is 6.29 Å². The van der Waals surface area contributed by atoms with E-state index in [2.05, 4.69) is 0 Å². The highest BCUT2D eigenvalue weighted by atomic mass is 16.1. The molecule has 0 atom stereocenters. The van der Waals surface area contributed by atoms with Gasteiger partial charge in [-0.2, -0.15) is 0 Å². The third kappa shape index (κ3) is 1.37. The summed E-state index contributed by atoms with van der Waals surface area (Å²) in [6.07, 6.45) is 2.48. The summed E-state index contributed by atoms with van der Waals surface area (Å²) in [7, 11) is 0. The second-order valence-electron chi connectivity index (χ2n) is 4.16. The SMILES string of the molecule is O=Cc1c2n(n(-c3ccccc3)c1=O)CCC2. The number of carbonyl (C=O) groups is 1. The largest absolute Gasteiger partial charge is 0.298 e. The first-order valence-corrected chi connectivity index (χ1v) is 5.68. The van der Waals surface area contributed by atoms with Gasteiger partial charge in [-0.3, -0.25) is 14.3 Å². The minimum atomic E-state index is -0.207. The van der Waals surface area contributed by atoms with Crippen molar-refractivity contribution in [1.82, 2.24) is 9.36 Å². The summed E-state index contributed by atoms with van der Waals surface area (Å²) in [5, 5.41) is 0. The lowest BCUT2D eigenvalue weighted by Crippen LogP contribution is -2.21. The first kappa shape index (κ1) is 10.1. The lowest BCUT2D eigenvalue weighted by molar-refractivity contribution is 0.112. The van der Waals surface area contributed by atoms with E-state index in [4.69, 9.17) is 0 Å². The van der Waals surface area contributed by atoms with E-state index in [-0.39, 0.29) is 5.56 Å². The van der Waals surface area contributed by atoms with Gasteiger partial charge < -0.3 is 0 Å². The van der Waals surface area contributed by atoms with E-state index in [1.165, 1.54) is 0 Å². The molecule has 0 fully saturated rings. The fraction of sp³-hybridized carbons (Fsp3) is 0.231. The Labute approximate surface area is 98.1 Å². The lowest BCUT2D eigenvalue weighted by atomic mass is 10.2. The Morgan fingerprint density at radius 3 is 2.65 bits per heavy atom. The number of aldehydes is 1. The van der Waals surface area contributed by atoms with Crippen molar-refractivity contribution in [2.24, 2.45) is 0 Å². The van der Waals surface area contributed by atoms with E-state index >= 15 is 0 Å². The summed E-state index contributed by atoms with van der Waals surface area (Å²) in [4.78, 5) is 23.2. The van der Waals surface area contributed by atoms with Crippen LogP contribution in [0.1, 0.15) is 22.5 Å². The van der Waals surface area contributed by atoms with E-state index < -0.39 is 0 Å². The average molecular weight is 228 g/mol. The highest BCUT2D eigenvalue weighted by molar-refractivity contribution is 5.76. The fourth-order valence-corrected chi connectivity index (χ4v) is 2.45. The quantitative estimate of drug-likeness (QED) is 0.729. The van der Waals surface area contributed by atoms with Crippen molar-refractivity contribution in [2.45, 2.75) is 19.4 Å². The number of nitrogens with zero attached hydrogens (tertiary/aromatic N) is 2. The van der Waals surface area contributed by atoms with Gasteiger partial charge in [0.05, 0.1) is 11.4 Å². The first-order chi connectivity index (χ1) is 8.33. The van der Waals surface area contributed by atoms with Crippen LogP contribution in [0.3, 0.4) is 0 Å². The van der Waals surface area contributed by atoms with Crippen molar-refractivity contribution < 1.29 is 4.79 Å². The van der Waals surface area contributed by atoms with Gasteiger partial charge in [0.1, 0.15) is 5.56 Å². The summed E-state index contributed by atoms with van der Waals surface area (Å²) in [6.45, 7) is 0.799. The maximum atomic E-state index is 12.1. The normalized spacial score (nSPS) is 13.6. The van der Waals surface area contributed by atoms with Crippen LogP contribution in [0.15, 0.2) is 35.1 Å². The molecule has 0 radical (unpaired) electrons. The molecule has 0 saturated heterocycles. The molecule has 0 unspecified atom stereocenters. The highest BCUT2D eigenvalue weighted by Crippen LogP contribution is 2.18. The van der Waals surface area contributed by atoms with E-state index in [1.54, 1.807) is 4.68 Å². The second-order valence-corrected chi connectivity index (χ2v) is 4.16. The zero-order valence-corrected chi connectivity index (χ0v) is 9.30. The molecule has 0 spiro atoms. The van der Waals surface area contributed by atoms with Gasteiger partial charge in [0.25, 0.3) is 5.56 Å². The molecule has 1 aliphatic heterocycles. The molecule has 2 heterocycles. The Hall–Kier alpha value is -2.10. The van der Waals surface area contributed by atoms with Crippen LogP contribution in [0, 0.1) is 0 Å². The molecule has 4 heteroatoms. The maximum absolute atomic E-state index is 12.1. The van der Waals surface area contributed by atoms with Crippen molar-refractivity contribution in [3.05, 3.63) is 51.9 Å². The van der Waals surface area contributed by atoms with Crippen molar-refractivity contribution in [1.29, 1.82) is 0 Å². The molecule has 0 aliphatic carbocycles. The summed E-state index contributed by atoms with van der Waals surface area (Å²) in [5.74, 6) is 0. The molecular weight excluding hydrogens is 216 g/mol. The van der Waals surface area contributed by atoms with E-state index in [0.29, 0.717) is 11.8 Å². The number of hydrogen-bond acceptors (Lipinski definition) is 2. The Morgan fingerprint density at radius 1 is 1.18 bits per heavy atom. The molecule has 2 aromatic rings. The molecule has 0 saturated carbocycles. The van der Waals surface area contributed by atoms with Crippen LogP contribution >= 0.6 is 0 Å². The molecular formula is C13H12N2O2. The number of hydrogen-bond donors (Lipinski definition) is 0. The van der Waals surface area contributed by atoms with Crippen LogP contribution in [0.2, 0.25) is 0 Å². The number of aromatic nitrogens is 2. The van der Waals surface area contributed by atoms with Crippen LogP contribution in [0.5, 0.6) is 0 Å². The summed E-state index contributed by atoms with van der Waals surface area (Å²) >= 11 is 0. The number of para-hydroxylation sites is 1. The van der Waals surface area contributed by atoms with Crippen LogP contribution < -0.4 is 5.56 Å². The molecule has 1 aliphatic rings. The predicted molar refractivity (Wildman–Crippen MR) is 63.7 cm³/mol. The molecule has 1 aromatic heterocycles. The molecule has 0 bridgehead atoms. The third-order valence-corrected chi connectivity index (χ3v) is 3.19. The monoisotopic (exact) mass is 228 g/mol. The minimum Gasteiger partial charge on any atom is -0.298 e. The van der Waals surface area contributed by atoms with Gasteiger partial charge in [-0.15, -0.1) is 0 Å². The average Bonchev–Trinajstić information content (AvgIpc) is 2.89. The molecule has 17 heavy (non-hydrogen) atoms. The number of carbonyl (C=O) groups excluding carboxylic acids is 1. The van der Waals surface area contributed by atoms with Crippen LogP contribution in [0.25, 0.3) is 5.69 Å². The standard InChI is InChI=1S/C13H12N2O2/c16-9-11-12-7-4-8-14(12)15(13(11)17)10-5-2-1-3-6-10/h1-3,5-6,9H,4,7-8H2. The molecule has 0 N–H and O–H groups in total. The maximum Gasteiger partial charge on any atom is 0.282 e. The third-order valence-electron chi connectivity index (χ3n) is 3.19. The van der Waals surface area contributed by atoms with Gasteiger partial charge in [0.2, 0.25) is 0 Å². The summed E-state index contributed by atoms with van der Waals surface area (Å²) in [5.41, 5.74) is 1.79. The Bertz CT molecular complexity index is 623. The number of benzene rings is 1. The molecule has 3 rings (SSSR count). The van der Waals surface area contributed by atoms with Crippen molar-refractivity contribution in [3.8, 4) is 5.69 Å². The van der Waals surface area contributed by atoms with E-state index in [9.17, 15) is 9.59 Å². The Kier molecular flexibility index (Phi) is 2.21. The van der Waals surface area contributed by atoms with Gasteiger partial charge in [-0.25, -0.2) is 4.68 Å². The lowest BCUT2D eigenvalue weighted by Gasteiger charge is -2.08. The first-order valence-electron chi connectivity index (χ1n) is 5.68. The zero-order valence-electron chi connectivity index (χ0n) is 9.30. The van der Waals surface area contributed by atoms with Gasteiger partial charge in [-0.1, -0.05) is 18.2 Å². The summed E-state index contributed by atoms with van der Waals surface area (Å²) < 4.78 is 3.52. The molecule has 0 amide bonds. The van der Waals surface area contributed by atoms with Gasteiger partial charge >= 0.3 is 0 Å². The molecule has 1 aromatic carbocycles. The Balaban J connectivity index is 2.32. The Morgan fingerprint density at radius 2 is 1.94 bits per heavy atom. The molecule has 86 valence electrons. The zero-order chi connectivity index (χ0) is 11.8.